The number of anilines is 1. The monoisotopic (exact) mass is 416 g/mol. The molecule has 4 aromatic heterocycles. The van der Waals surface area contributed by atoms with E-state index in [0.29, 0.717) is 18.2 Å². The second-order valence-corrected chi connectivity index (χ2v) is 8.04. The summed E-state index contributed by atoms with van der Waals surface area (Å²) in [5.41, 5.74) is 2.33. The molecule has 5 rings (SSSR count). The fraction of sp³-hybridized carbons (Fsp3) is 0.364. The van der Waals surface area contributed by atoms with Crippen molar-refractivity contribution >= 4 is 16.9 Å². The lowest BCUT2D eigenvalue weighted by Crippen LogP contribution is -2.37. The fourth-order valence-corrected chi connectivity index (χ4v) is 4.19. The van der Waals surface area contributed by atoms with Crippen molar-refractivity contribution in [3.8, 4) is 11.3 Å². The van der Waals surface area contributed by atoms with Crippen molar-refractivity contribution in [3.05, 3.63) is 59.3 Å². The average molecular weight is 416 g/mol. The highest BCUT2D eigenvalue weighted by molar-refractivity contribution is 5.87. The average Bonchev–Trinajstić information content (AvgIpc) is 3.16. The molecule has 0 N–H and O–H groups in total. The van der Waals surface area contributed by atoms with E-state index in [9.17, 15) is 4.79 Å². The lowest BCUT2D eigenvalue weighted by atomic mass is 9.96. The Morgan fingerprint density at radius 1 is 1.16 bits per heavy atom. The van der Waals surface area contributed by atoms with Gasteiger partial charge in [0.1, 0.15) is 11.6 Å². The SMILES string of the molecule is Cc1nc(N2CCC(Cn3cnc(-c4cccnc4)cc3=O)CC2)c2cnn(C)c2n1. The van der Waals surface area contributed by atoms with Gasteiger partial charge < -0.3 is 4.90 Å². The van der Waals surface area contributed by atoms with Gasteiger partial charge in [-0.25, -0.2) is 15.0 Å². The summed E-state index contributed by atoms with van der Waals surface area (Å²) in [5.74, 6) is 2.13. The van der Waals surface area contributed by atoms with Gasteiger partial charge in [0.15, 0.2) is 5.65 Å². The maximum atomic E-state index is 12.6. The first-order chi connectivity index (χ1) is 15.1. The number of pyridine rings is 1. The molecule has 1 aliphatic rings. The molecule has 0 radical (unpaired) electrons. The van der Waals surface area contributed by atoms with E-state index in [4.69, 9.17) is 4.98 Å². The number of aromatic nitrogens is 7. The molecule has 0 amide bonds. The second kappa shape index (κ2) is 7.90. The highest BCUT2D eigenvalue weighted by atomic mass is 16.1. The van der Waals surface area contributed by atoms with Crippen LogP contribution in [0.3, 0.4) is 0 Å². The number of aryl methyl sites for hydroxylation is 2. The summed E-state index contributed by atoms with van der Waals surface area (Å²) < 4.78 is 3.50. The fourth-order valence-electron chi connectivity index (χ4n) is 4.19. The molecule has 31 heavy (non-hydrogen) atoms. The number of nitrogens with zero attached hydrogens (tertiary/aromatic N) is 8. The lowest BCUT2D eigenvalue weighted by molar-refractivity contribution is 0.350. The molecule has 1 aliphatic heterocycles. The molecule has 0 atom stereocenters. The Kier molecular flexibility index (Phi) is 4.93. The first-order valence-corrected chi connectivity index (χ1v) is 10.5. The Labute approximate surface area is 179 Å². The third-order valence-corrected chi connectivity index (χ3v) is 5.89. The first-order valence-electron chi connectivity index (χ1n) is 10.5. The van der Waals surface area contributed by atoms with Crippen LogP contribution < -0.4 is 10.5 Å². The van der Waals surface area contributed by atoms with E-state index in [1.165, 1.54) is 0 Å². The Morgan fingerprint density at radius 2 is 2.00 bits per heavy atom. The maximum Gasteiger partial charge on any atom is 0.253 e. The smallest absolute Gasteiger partial charge is 0.253 e. The molecule has 0 spiro atoms. The predicted molar refractivity (Wildman–Crippen MR) is 118 cm³/mol. The van der Waals surface area contributed by atoms with Crippen LogP contribution in [-0.4, -0.2) is 47.4 Å². The van der Waals surface area contributed by atoms with Gasteiger partial charge in [0.25, 0.3) is 5.56 Å². The summed E-state index contributed by atoms with van der Waals surface area (Å²) in [6, 6.07) is 5.34. The van der Waals surface area contributed by atoms with E-state index in [-0.39, 0.29) is 5.56 Å². The number of piperidine rings is 1. The van der Waals surface area contributed by atoms with Gasteiger partial charge in [-0.05, 0) is 37.8 Å². The third-order valence-electron chi connectivity index (χ3n) is 5.89. The molecule has 158 valence electrons. The number of rotatable bonds is 4. The zero-order chi connectivity index (χ0) is 21.4. The minimum absolute atomic E-state index is 0.0280. The largest absolute Gasteiger partial charge is 0.356 e. The predicted octanol–water partition coefficient (Wildman–Crippen LogP) is 2.21. The summed E-state index contributed by atoms with van der Waals surface area (Å²) in [5, 5.41) is 5.32. The van der Waals surface area contributed by atoms with Gasteiger partial charge in [-0.2, -0.15) is 5.10 Å². The van der Waals surface area contributed by atoms with Gasteiger partial charge in [-0.3, -0.25) is 19.0 Å². The Bertz CT molecular complexity index is 1270. The van der Waals surface area contributed by atoms with Crippen LogP contribution in [0.4, 0.5) is 5.82 Å². The van der Waals surface area contributed by atoms with Crippen molar-refractivity contribution in [1.82, 2.24) is 34.3 Å². The molecule has 4 aromatic rings. The van der Waals surface area contributed by atoms with Crippen molar-refractivity contribution < 1.29 is 0 Å². The van der Waals surface area contributed by atoms with Crippen LogP contribution in [-0.2, 0) is 13.6 Å². The molecule has 1 fully saturated rings. The van der Waals surface area contributed by atoms with Crippen LogP contribution in [0, 0.1) is 12.8 Å². The highest BCUT2D eigenvalue weighted by Gasteiger charge is 2.23. The van der Waals surface area contributed by atoms with Gasteiger partial charge in [-0.15, -0.1) is 0 Å². The summed E-state index contributed by atoms with van der Waals surface area (Å²) in [4.78, 5) is 32.7. The molecular formula is C22H24N8O. The van der Waals surface area contributed by atoms with Gasteiger partial charge >= 0.3 is 0 Å². The Hall–Kier alpha value is -3.62. The summed E-state index contributed by atoms with van der Waals surface area (Å²) in [6.45, 7) is 4.37. The van der Waals surface area contributed by atoms with Gasteiger partial charge in [0, 0.05) is 50.7 Å². The molecule has 0 unspecified atom stereocenters. The van der Waals surface area contributed by atoms with E-state index in [2.05, 4.69) is 25.0 Å². The molecule has 0 saturated carbocycles. The molecule has 1 saturated heterocycles. The van der Waals surface area contributed by atoms with Crippen molar-refractivity contribution in [3.63, 3.8) is 0 Å². The molecule has 5 heterocycles. The van der Waals surface area contributed by atoms with Crippen molar-refractivity contribution in [1.29, 1.82) is 0 Å². The van der Waals surface area contributed by atoms with Crippen molar-refractivity contribution in [2.75, 3.05) is 18.0 Å². The summed E-state index contributed by atoms with van der Waals surface area (Å²) >= 11 is 0. The summed E-state index contributed by atoms with van der Waals surface area (Å²) in [7, 11) is 1.90. The first kappa shape index (κ1) is 19.3. The molecule has 0 bridgehead atoms. The van der Waals surface area contributed by atoms with Crippen molar-refractivity contribution in [2.45, 2.75) is 26.3 Å². The number of hydrogen-bond acceptors (Lipinski definition) is 7. The van der Waals surface area contributed by atoms with Gasteiger partial charge in [0.2, 0.25) is 0 Å². The van der Waals surface area contributed by atoms with Crippen LogP contribution in [0.5, 0.6) is 0 Å². The molecular weight excluding hydrogens is 392 g/mol. The molecule has 9 nitrogen and oxygen atoms in total. The van der Waals surface area contributed by atoms with Crippen LogP contribution >= 0.6 is 0 Å². The number of fused-ring (bicyclic) bond motifs is 1. The minimum atomic E-state index is -0.0280. The van der Waals surface area contributed by atoms with Gasteiger partial charge in [0.05, 0.1) is 23.6 Å². The second-order valence-electron chi connectivity index (χ2n) is 8.04. The van der Waals surface area contributed by atoms with Crippen LogP contribution in [0.25, 0.3) is 22.3 Å². The maximum absolute atomic E-state index is 12.6. The van der Waals surface area contributed by atoms with E-state index < -0.39 is 0 Å². The zero-order valence-corrected chi connectivity index (χ0v) is 17.6. The Morgan fingerprint density at radius 3 is 2.74 bits per heavy atom. The van der Waals surface area contributed by atoms with E-state index in [1.54, 1.807) is 34.0 Å². The molecule has 0 aromatic carbocycles. The topological polar surface area (TPSA) is 94.6 Å². The van der Waals surface area contributed by atoms with E-state index >= 15 is 0 Å². The molecule has 0 aliphatic carbocycles. The van der Waals surface area contributed by atoms with Crippen LogP contribution in [0.15, 0.2) is 47.9 Å². The highest BCUT2D eigenvalue weighted by Crippen LogP contribution is 2.28. The minimum Gasteiger partial charge on any atom is -0.356 e. The summed E-state index contributed by atoms with van der Waals surface area (Å²) in [6.07, 6.45) is 8.90. The standard InChI is InChI=1S/C22H24N8O/c1-15-26-21-18(12-25-28(21)2)22(27-15)29-8-5-16(6-9-29)13-30-14-24-19(10-20(30)31)17-4-3-7-23-11-17/h3-4,7,10-12,14,16H,5-6,8-9,13H2,1-2H3. The molecule has 9 heteroatoms. The normalized spacial score (nSPS) is 15.0. The van der Waals surface area contributed by atoms with Crippen molar-refractivity contribution in [2.24, 2.45) is 13.0 Å². The quantitative estimate of drug-likeness (QED) is 0.503. The van der Waals surface area contributed by atoms with E-state index in [1.807, 2.05) is 32.3 Å². The van der Waals surface area contributed by atoms with Crippen LogP contribution in [0.1, 0.15) is 18.7 Å². The zero-order valence-electron chi connectivity index (χ0n) is 17.6. The van der Waals surface area contributed by atoms with Crippen LogP contribution in [0.2, 0.25) is 0 Å². The lowest BCUT2D eigenvalue weighted by Gasteiger charge is -2.33. The van der Waals surface area contributed by atoms with E-state index in [0.717, 1.165) is 54.2 Å². The van der Waals surface area contributed by atoms with Gasteiger partial charge in [-0.1, -0.05) is 0 Å². The Balaban J connectivity index is 1.28. The third kappa shape index (κ3) is 3.78. The number of hydrogen-bond donors (Lipinski definition) is 0.